The third kappa shape index (κ3) is 6.58. The lowest BCUT2D eigenvalue weighted by Gasteiger charge is -2.12. The molecule has 4 aromatic rings. The molecule has 0 atom stereocenters. The molecule has 2 aromatic heterocycles. The Labute approximate surface area is 198 Å². The standard InChI is InChI=1S/C23H20N4O.C3H9NO2/c1-15-11-18(5-6-19(15)14-28)22-9-7-20(24)23(27-22)26-13-16-4-8-21-17(12-16)3-2-10-25-21;1-4-6-3-2-5/h2-12,14H,13,24H2,1H3,(H,26,27);4-5H,2-3H2,1H3. The highest BCUT2D eigenvalue weighted by Crippen LogP contribution is 2.25. The van der Waals surface area contributed by atoms with Gasteiger partial charge >= 0.3 is 0 Å². The van der Waals surface area contributed by atoms with Crippen molar-refractivity contribution in [3.63, 3.8) is 0 Å². The SMILES string of the molecule is CNOCCO.Cc1cc(-c2ccc(N)c(NCc3ccc4ncccc4c3)n2)ccc1C=O. The lowest BCUT2D eigenvalue weighted by Crippen LogP contribution is -2.10. The Balaban J connectivity index is 0.000000481. The number of nitrogens with two attached hydrogens (primary N) is 1. The number of aliphatic hydroxyl groups excluding tert-OH is 1. The molecule has 0 radical (unpaired) electrons. The number of hydrogen-bond acceptors (Lipinski definition) is 8. The smallest absolute Gasteiger partial charge is 0.150 e. The van der Waals surface area contributed by atoms with Crippen molar-refractivity contribution in [3.8, 4) is 11.3 Å². The molecule has 0 fully saturated rings. The van der Waals surface area contributed by atoms with Crippen molar-refractivity contribution in [1.82, 2.24) is 15.4 Å². The second-order valence-electron chi connectivity index (χ2n) is 7.48. The molecule has 2 heterocycles. The van der Waals surface area contributed by atoms with Gasteiger partial charge in [0.1, 0.15) is 12.1 Å². The Morgan fingerprint density at radius 3 is 2.68 bits per heavy atom. The van der Waals surface area contributed by atoms with Gasteiger partial charge in [-0.2, -0.15) is 0 Å². The molecule has 0 saturated heterocycles. The number of rotatable bonds is 8. The lowest BCUT2D eigenvalue weighted by atomic mass is 10.0. The van der Waals surface area contributed by atoms with Gasteiger partial charge in [-0.25, -0.2) is 10.5 Å². The monoisotopic (exact) mass is 459 g/mol. The summed E-state index contributed by atoms with van der Waals surface area (Å²) in [5.74, 6) is 0.640. The van der Waals surface area contributed by atoms with Crippen molar-refractivity contribution >= 4 is 28.7 Å². The van der Waals surface area contributed by atoms with Crippen molar-refractivity contribution in [1.29, 1.82) is 0 Å². The minimum atomic E-state index is 0.0703. The van der Waals surface area contributed by atoms with E-state index >= 15 is 0 Å². The summed E-state index contributed by atoms with van der Waals surface area (Å²) in [7, 11) is 1.65. The molecule has 0 aliphatic rings. The number of aliphatic hydroxyl groups is 1. The summed E-state index contributed by atoms with van der Waals surface area (Å²) in [5, 5.41) is 12.5. The maximum Gasteiger partial charge on any atom is 0.150 e. The van der Waals surface area contributed by atoms with Crippen LogP contribution in [0.15, 0.2) is 66.9 Å². The number of benzene rings is 2. The molecule has 5 N–H and O–H groups in total. The van der Waals surface area contributed by atoms with Crippen LogP contribution < -0.4 is 16.5 Å². The van der Waals surface area contributed by atoms with Gasteiger partial charge < -0.3 is 16.2 Å². The highest BCUT2D eigenvalue weighted by molar-refractivity contribution is 5.80. The molecule has 0 spiro atoms. The molecular formula is C26H29N5O3. The largest absolute Gasteiger partial charge is 0.396 e. The molecular weight excluding hydrogens is 430 g/mol. The Bertz CT molecular complexity index is 1240. The number of anilines is 2. The quantitative estimate of drug-likeness (QED) is 0.179. The summed E-state index contributed by atoms with van der Waals surface area (Å²) in [5.41, 5.74) is 14.6. The summed E-state index contributed by atoms with van der Waals surface area (Å²) in [6, 6.07) is 19.5. The molecule has 2 aromatic carbocycles. The Kier molecular flexibility index (Phi) is 9.04. The molecule has 0 amide bonds. The van der Waals surface area contributed by atoms with E-state index in [1.165, 1.54) is 0 Å². The van der Waals surface area contributed by atoms with Crippen LogP contribution in [0, 0.1) is 6.92 Å². The Morgan fingerprint density at radius 1 is 1.12 bits per heavy atom. The summed E-state index contributed by atoms with van der Waals surface area (Å²) in [6.45, 7) is 2.95. The van der Waals surface area contributed by atoms with Crippen LogP contribution in [-0.2, 0) is 11.4 Å². The first-order valence-electron chi connectivity index (χ1n) is 10.9. The van der Waals surface area contributed by atoms with Crippen molar-refractivity contribution in [2.24, 2.45) is 0 Å². The highest BCUT2D eigenvalue weighted by Gasteiger charge is 2.07. The van der Waals surface area contributed by atoms with Crippen LogP contribution in [0.1, 0.15) is 21.5 Å². The number of nitrogens with one attached hydrogen (secondary N) is 2. The van der Waals surface area contributed by atoms with E-state index < -0.39 is 0 Å². The van der Waals surface area contributed by atoms with Gasteiger partial charge in [0.05, 0.1) is 30.1 Å². The average Bonchev–Trinajstić information content (AvgIpc) is 2.87. The molecule has 34 heavy (non-hydrogen) atoms. The topological polar surface area (TPSA) is 122 Å². The summed E-state index contributed by atoms with van der Waals surface area (Å²) < 4.78 is 0. The zero-order valence-electron chi connectivity index (χ0n) is 19.3. The van der Waals surface area contributed by atoms with Gasteiger partial charge in [0.25, 0.3) is 0 Å². The first kappa shape index (κ1) is 24.8. The molecule has 0 unspecified atom stereocenters. The molecule has 176 valence electrons. The van der Waals surface area contributed by atoms with E-state index in [4.69, 9.17) is 10.8 Å². The fraction of sp³-hybridized carbons (Fsp3) is 0.192. The van der Waals surface area contributed by atoms with Crippen LogP contribution in [0.25, 0.3) is 22.2 Å². The first-order chi connectivity index (χ1) is 16.5. The Hall–Kier alpha value is -3.85. The van der Waals surface area contributed by atoms with Gasteiger partial charge in [0.2, 0.25) is 0 Å². The maximum absolute atomic E-state index is 11.0. The zero-order chi connectivity index (χ0) is 24.3. The second-order valence-corrected chi connectivity index (χ2v) is 7.48. The fourth-order valence-electron chi connectivity index (χ4n) is 3.31. The van der Waals surface area contributed by atoms with Crippen LogP contribution in [-0.4, -0.2) is 41.6 Å². The maximum atomic E-state index is 11.0. The minimum absolute atomic E-state index is 0.0703. The van der Waals surface area contributed by atoms with Crippen LogP contribution in [0.5, 0.6) is 0 Å². The van der Waals surface area contributed by atoms with Crippen molar-refractivity contribution < 1.29 is 14.7 Å². The van der Waals surface area contributed by atoms with E-state index in [0.29, 0.717) is 30.2 Å². The van der Waals surface area contributed by atoms with Crippen LogP contribution >= 0.6 is 0 Å². The number of pyridine rings is 2. The van der Waals surface area contributed by atoms with Crippen LogP contribution in [0.3, 0.4) is 0 Å². The number of aromatic nitrogens is 2. The lowest BCUT2D eigenvalue weighted by molar-refractivity contribution is 0.0314. The first-order valence-corrected chi connectivity index (χ1v) is 10.9. The summed E-state index contributed by atoms with van der Waals surface area (Å²) >= 11 is 0. The van der Waals surface area contributed by atoms with E-state index in [0.717, 1.165) is 39.6 Å². The molecule has 0 saturated carbocycles. The van der Waals surface area contributed by atoms with Crippen molar-refractivity contribution in [3.05, 3.63) is 83.6 Å². The number of hydroxylamine groups is 1. The van der Waals surface area contributed by atoms with E-state index in [9.17, 15) is 4.79 Å². The van der Waals surface area contributed by atoms with E-state index in [1.807, 2.05) is 61.5 Å². The molecule has 0 bridgehead atoms. The van der Waals surface area contributed by atoms with Crippen LogP contribution in [0.4, 0.5) is 11.5 Å². The van der Waals surface area contributed by atoms with E-state index in [-0.39, 0.29) is 6.61 Å². The number of aldehydes is 1. The predicted octanol–water partition coefficient (Wildman–Crippen LogP) is 3.74. The number of nitrogen functional groups attached to an aromatic ring is 1. The fourth-order valence-corrected chi connectivity index (χ4v) is 3.31. The molecule has 0 aliphatic carbocycles. The summed E-state index contributed by atoms with van der Waals surface area (Å²) in [4.78, 5) is 24.5. The molecule has 8 nitrogen and oxygen atoms in total. The average molecular weight is 460 g/mol. The van der Waals surface area contributed by atoms with Gasteiger partial charge in [-0.1, -0.05) is 24.3 Å². The van der Waals surface area contributed by atoms with Gasteiger partial charge in [-0.15, -0.1) is 0 Å². The zero-order valence-corrected chi connectivity index (χ0v) is 19.3. The van der Waals surface area contributed by atoms with E-state index in [1.54, 1.807) is 13.2 Å². The highest BCUT2D eigenvalue weighted by atomic mass is 16.6. The molecule has 8 heteroatoms. The third-order valence-electron chi connectivity index (χ3n) is 5.08. The second kappa shape index (κ2) is 12.4. The number of nitrogens with zero attached hydrogens (tertiary/aromatic N) is 2. The number of carbonyl (C=O) groups is 1. The van der Waals surface area contributed by atoms with Gasteiger partial charge in [-0.05, 0) is 54.4 Å². The van der Waals surface area contributed by atoms with Gasteiger partial charge in [-0.3, -0.25) is 14.6 Å². The number of carbonyl (C=O) groups excluding carboxylic acids is 1. The number of aryl methyl sites for hydroxylation is 1. The van der Waals surface area contributed by atoms with Crippen molar-refractivity contribution in [2.75, 3.05) is 31.3 Å². The summed E-state index contributed by atoms with van der Waals surface area (Å²) in [6.07, 6.45) is 2.65. The predicted molar refractivity (Wildman–Crippen MR) is 135 cm³/mol. The van der Waals surface area contributed by atoms with Crippen LogP contribution in [0.2, 0.25) is 0 Å². The van der Waals surface area contributed by atoms with E-state index in [2.05, 4.69) is 31.7 Å². The van der Waals surface area contributed by atoms with Gasteiger partial charge in [0.15, 0.2) is 0 Å². The van der Waals surface area contributed by atoms with Crippen molar-refractivity contribution in [2.45, 2.75) is 13.5 Å². The number of fused-ring (bicyclic) bond motifs is 1. The third-order valence-corrected chi connectivity index (χ3v) is 5.08. The van der Waals surface area contributed by atoms with Gasteiger partial charge in [0, 0.05) is 36.3 Å². The minimum Gasteiger partial charge on any atom is -0.396 e. The number of hydrogen-bond donors (Lipinski definition) is 4. The normalized spacial score (nSPS) is 10.4. The molecule has 0 aliphatic heterocycles. The molecule has 4 rings (SSSR count). The Morgan fingerprint density at radius 2 is 1.97 bits per heavy atom.